The van der Waals surface area contributed by atoms with Crippen molar-refractivity contribution in [3.8, 4) is 11.1 Å². The largest absolute Gasteiger partial charge is 0.391 e. The van der Waals surface area contributed by atoms with Gasteiger partial charge in [0.2, 0.25) is 15.9 Å². The highest BCUT2D eigenvalue weighted by molar-refractivity contribution is 7.92. The number of halogens is 2. The van der Waals surface area contributed by atoms with Crippen LogP contribution in [0.4, 0.5) is 26.4 Å². The highest BCUT2D eigenvalue weighted by atomic mass is 35.5. The number of para-hydroxylation sites is 1. The molecule has 0 bridgehead atoms. The number of nitrogens with zero attached hydrogens (tertiary/aromatic N) is 2. The van der Waals surface area contributed by atoms with Gasteiger partial charge in [0.05, 0.1) is 29.6 Å². The monoisotopic (exact) mass is 547 g/mol. The number of aliphatic hydroxyl groups is 1. The molecular weight excluding hydrogens is 525 g/mol. The first-order valence-corrected chi connectivity index (χ1v) is 13.3. The highest BCUT2D eigenvalue weighted by Crippen LogP contribution is 2.31. The zero-order valence-electron chi connectivity index (χ0n) is 19.5. The molecule has 37 heavy (non-hydrogen) atoms. The topological polar surface area (TPSA) is 141 Å². The maximum absolute atomic E-state index is 13.9. The molecule has 1 aliphatic rings. The lowest BCUT2D eigenvalue weighted by molar-refractivity contribution is -0.123. The molecule has 0 saturated carbocycles. The zero-order chi connectivity index (χ0) is 26.7. The molecule has 1 aromatic heterocycles. The van der Waals surface area contributed by atoms with Crippen molar-refractivity contribution in [3.63, 3.8) is 0 Å². The molecule has 3 amide bonds. The summed E-state index contributed by atoms with van der Waals surface area (Å²) in [5.41, 5.74) is 2.22. The summed E-state index contributed by atoms with van der Waals surface area (Å²) in [6, 6.07) is 12.7. The van der Waals surface area contributed by atoms with Crippen molar-refractivity contribution in [2.45, 2.75) is 18.6 Å². The van der Waals surface area contributed by atoms with E-state index in [0.29, 0.717) is 22.5 Å². The minimum absolute atomic E-state index is 0.0115. The lowest BCUT2D eigenvalue weighted by Crippen LogP contribution is -2.57. The molecule has 0 spiro atoms. The Bertz CT molecular complexity index is 1440. The van der Waals surface area contributed by atoms with Gasteiger partial charge in [-0.05, 0) is 29.8 Å². The van der Waals surface area contributed by atoms with Crippen molar-refractivity contribution >= 4 is 50.8 Å². The number of hydrogen-bond acceptors (Lipinski definition) is 6. The van der Waals surface area contributed by atoms with Gasteiger partial charge in [0.15, 0.2) is 11.6 Å². The van der Waals surface area contributed by atoms with Crippen molar-refractivity contribution in [1.82, 2.24) is 10.3 Å². The van der Waals surface area contributed by atoms with Gasteiger partial charge in [-0.1, -0.05) is 41.9 Å². The first-order valence-electron chi connectivity index (χ1n) is 11.1. The van der Waals surface area contributed by atoms with E-state index in [2.05, 4.69) is 20.3 Å². The smallest absolute Gasteiger partial charge is 0.321 e. The first-order chi connectivity index (χ1) is 17.5. The Kier molecular flexibility index (Phi) is 7.62. The zero-order valence-corrected chi connectivity index (χ0v) is 21.1. The van der Waals surface area contributed by atoms with E-state index in [-0.39, 0.29) is 23.8 Å². The lowest BCUT2D eigenvalue weighted by Gasteiger charge is -2.35. The van der Waals surface area contributed by atoms with Gasteiger partial charge in [0.1, 0.15) is 6.04 Å². The number of rotatable bonds is 6. The number of sulfonamides is 1. The van der Waals surface area contributed by atoms with Crippen LogP contribution >= 0.6 is 11.6 Å². The van der Waals surface area contributed by atoms with Crippen molar-refractivity contribution in [3.05, 3.63) is 71.6 Å². The van der Waals surface area contributed by atoms with Gasteiger partial charge < -0.3 is 15.3 Å². The number of nitrogens with one attached hydrogen (secondary N) is 3. The quantitative estimate of drug-likeness (QED) is 0.373. The van der Waals surface area contributed by atoms with E-state index in [1.807, 2.05) is 0 Å². The van der Waals surface area contributed by atoms with Gasteiger partial charge in [-0.3, -0.25) is 14.8 Å². The van der Waals surface area contributed by atoms with Gasteiger partial charge in [0.25, 0.3) is 0 Å². The molecule has 194 valence electrons. The molecule has 2 atom stereocenters. The molecule has 1 saturated heterocycles. The average molecular weight is 548 g/mol. The summed E-state index contributed by atoms with van der Waals surface area (Å²) in [5.74, 6) is -1.66. The summed E-state index contributed by atoms with van der Waals surface area (Å²) in [5, 5.41) is 15.1. The van der Waals surface area contributed by atoms with Crippen molar-refractivity contribution < 1.29 is 27.5 Å². The van der Waals surface area contributed by atoms with E-state index >= 15 is 0 Å². The van der Waals surface area contributed by atoms with Crippen LogP contribution in [-0.4, -0.2) is 55.4 Å². The summed E-state index contributed by atoms with van der Waals surface area (Å²) in [6.45, 7) is 0.0115. The number of amides is 3. The van der Waals surface area contributed by atoms with Crippen LogP contribution in [0.15, 0.2) is 60.8 Å². The molecule has 10 nitrogen and oxygen atoms in total. The molecule has 2 aromatic carbocycles. The third-order valence-electron chi connectivity index (χ3n) is 5.52. The van der Waals surface area contributed by atoms with E-state index in [0.717, 1.165) is 18.5 Å². The number of aliphatic hydroxyl groups excluding tert-OH is 1. The van der Waals surface area contributed by atoms with E-state index in [1.54, 1.807) is 48.5 Å². The Morgan fingerprint density at radius 3 is 2.57 bits per heavy atom. The molecule has 13 heteroatoms. The second-order valence-electron chi connectivity index (χ2n) is 8.44. The Labute approximate surface area is 217 Å². The Morgan fingerprint density at radius 1 is 1.19 bits per heavy atom. The number of piperidine rings is 1. The Hall–Kier alpha value is -3.74. The van der Waals surface area contributed by atoms with Crippen LogP contribution in [0, 0.1) is 5.82 Å². The van der Waals surface area contributed by atoms with Gasteiger partial charge in [-0.2, -0.15) is 0 Å². The third kappa shape index (κ3) is 6.53. The molecule has 4 N–H and O–H groups in total. The van der Waals surface area contributed by atoms with Crippen molar-refractivity contribution in [2.24, 2.45) is 0 Å². The fraction of sp³-hybridized carbons (Fsp3) is 0.208. The minimum atomic E-state index is -3.49. The molecule has 3 aromatic rings. The number of carbonyl (C=O) groups is 2. The number of hydrogen-bond donors (Lipinski definition) is 4. The number of aromatic nitrogens is 1. The average Bonchev–Trinajstić information content (AvgIpc) is 2.82. The second-order valence-corrected chi connectivity index (χ2v) is 10.6. The molecule has 0 unspecified atom stereocenters. The number of pyridine rings is 1. The van der Waals surface area contributed by atoms with Crippen LogP contribution in [-0.2, 0) is 14.8 Å². The number of carbonyl (C=O) groups excluding carboxylic acids is 2. The van der Waals surface area contributed by atoms with Gasteiger partial charge in [0, 0.05) is 23.9 Å². The van der Waals surface area contributed by atoms with E-state index in [9.17, 15) is 27.5 Å². The Morgan fingerprint density at radius 2 is 1.89 bits per heavy atom. The van der Waals surface area contributed by atoms with Crippen LogP contribution in [0.2, 0.25) is 5.02 Å². The normalized spacial score (nSPS) is 17.8. The maximum atomic E-state index is 13.9. The van der Waals surface area contributed by atoms with Crippen LogP contribution in [0.5, 0.6) is 0 Å². The summed E-state index contributed by atoms with van der Waals surface area (Å²) >= 11 is 5.66. The van der Waals surface area contributed by atoms with Crippen LogP contribution in [0.1, 0.15) is 6.42 Å². The fourth-order valence-electron chi connectivity index (χ4n) is 3.94. The van der Waals surface area contributed by atoms with Gasteiger partial charge in [-0.15, -0.1) is 0 Å². The predicted molar refractivity (Wildman–Crippen MR) is 138 cm³/mol. The molecule has 0 radical (unpaired) electrons. The van der Waals surface area contributed by atoms with Crippen LogP contribution in [0.25, 0.3) is 11.1 Å². The van der Waals surface area contributed by atoms with E-state index in [4.69, 9.17) is 11.6 Å². The van der Waals surface area contributed by atoms with E-state index < -0.39 is 39.9 Å². The summed E-state index contributed by atoms with van der Waals surface area (Å²) in [7, 11) is -3.49. The van der Waals surface area contributed by atoms with Gasteiger partial charge in [-0.25, -0.2) is 22.6 Å². The highest BCUT2D eigenvalue weighted by Gasteiger charge is 2.35. The number of anilines is 3. The summed E-state index contributed by atoms with van der Waals surface area (Å²) in [6.07, 6.45) is 1.28. The van der Waals surface area contributed by atoms with E-state index in [1.165, 1.54) is 4.90 Å². The predicted octanol–water partition coefficient (Wildman–Crippen LogP) is 3.20. The molecule has 2 heterocycles. The standard InChI is InChI=1S/C24H23ClFN5O5S/c1-37(35,36)30-20-5-3-2-4-18(20)14-6-8-16(9-7-14)31-13-17(32)11-21(23(31)33)28-24(34)29-22-19(26)10-15(25)12-27-22/h2-10,12,17,21,30,32H,11,13H2,1H3,(H2,27,28,29,34)/t17-,21+/m1/s1. The number of β-amino-alcohol motifs (C(OH)–C–C–N with tert-alkyl or cyclic N) is 1. The lowest BCUT2D eigenvalue weighted by atomic mass is 10.00. The minimum Gasteiger partial charge on any atom is -0.391 e. The number of benzene rings is 2. The Balaban J connectivity index is 1.49. The SMILES string of the molecule is CS(=O)(=O)Nc1ccccc1-c1ccc(N2C[C@H](O)C[C@H](NC(=O)Nc3ncc(Cl)cc3F)C2=O)cc1. The number of urea groups is 1. The van der Waals surface area contributed by atoms with Crippen LogP contribution < -0.4 is 20.3 Å². The molecule has 1 fully saturated rings. The maximum Gasteiger partial charge on any atom is 0.321 e. The molecule has 1 aliphatic heterocycles. The van der Waals surface area contributed by atoms with Crippen molar-refractivity contribution in [2.75, 3.05) is 27.7 Å². The molecule has 0 aliphatic carbocycles. The summed E-state index contributed by atoms with van der Waals surface area (Å²) < 4.78 is 39.8. The van der Waals surface area contributed by atoms with Crippen molar-refractivity contribution in [1.29, 1.82) is 0 Å². The fourth-order valence-corrected chi connectivity index (χ4v) is 4.66. The molecule has 4 rings (SSSR count). The van der Waals surface area contributed by atoms with Gasteiger partial charge >= 0.3 is 6.03 Å². The first kappa shape index (κ1) is 26.3. The third-order valence-corrected chi connectivity index (χ3v) is 6.32. The van der Waals surface area contributed by atoms with Crippen LogP contribution in [0.3, 0.4) is 0 Å². The molecular formula is C24H23ClFN5O5S. The second kappa shape index (κ2) is 10.7. The summed E-state index contributed by atoms with van der Waals surface area (Å²) in [4.78, 5) is 30.6.